The van der Waals surface area contributed by atoms with E-state index in [0.717, 1.165) is 75.8 Å². The van der Waals surface area contributed by atoms with Gasteiger partial charge in [-0.2, -0.15) is 13.9 Å². The number of nitrogens with one attached hydrogen (secondary N) is 1. The predicted octanol–water partition coefficient (Wildman–Crippen LogP) is 5.57. The van der Waals surface area contributed by atoms with Crippen LogP contribution in [0.4, 0.5) is 8.78 Å². The minimum atomic E-state index is -3.32. The van der Waals surface area contributed by atoms with E-state index in [1.165, 1.54) is 10.7 Å². The Kier molecular flexibility index (Phi) is 11.2. The van der Waals surface area contributed by atoms with Gasteiger partial charge in [0.05, 0.1) is 5.69 Å². The minimum absolute atomic E-state index is 0.0104. The van der Waals surface area contributed by atoms with Crippen LogP contribution in [0, 0.1) is 5.92 Å². The number of carbonyl (C=O) groups excluding carboxylic acids is 2. The van der Waals surface area contributed by atoms with E-state index in [4.69, 9.17) is 4.74 Å². The Morgan fingerprint density at radius 2 is 1.86 bits per heavy atom. The molecule has 2 aliphatic rings. The number of aromatic nitrogens is 2. The van der Waals surface area contributed by atoms with Gasteiger partial charge in [-0.1, -0.05) is 38.3 Å². The fourth-order valence-electron chi connectivity index (χ4n) is 6.61. The number of rotatable bonds is 16. The number of alkyl halides is 2. The molecule has 2 unspecified atom stereocenters. The van der Waals surface area contributed by atoms with Crippen LogP contribution >= 0.6 is 0 Å². The van der Waals surface area contributed by atoms with Gasteiger partial charge in [-0.15, -0.1) is 0 Å². The van der Waals surface area contributed by atoms with Crippen LogP contribution in [0.2, 0.25) is 0 Å². The molecule has 0 bridgehead atoms. The van der Waals surface area contributed by atoms with Crippen molar-refractivity contribution in [3.05, 3.63) is 46.8 Å². The molecule has 0 aliphatic heterocycles. The highest BCUT2D eigenvalue weighted by molar-refractivity contribution is 5.78. The Morgan fingerprint density at radius 1 is 1.11 bits per heavy atom. The Labute approximate surface area is 258 Å². The van der Waals surface area contributed by atoms with E-state index in [-0.39, 0.29) is 59.8 Å². The smallest absolute Gasteiger partial charge is 0.417 e. The van der Waals surface area contributed by atoms with Crippen LogP contribution < -0.4 is 10.1 Å². The molecule has 0 spiro atoms. The second kappa shape index (κ2) is 14.5. The first-order valence-electron chi connectivity index (χ1n) is 15.9. The first-order valence-corrected chi connectivity index (χ1v) is 15.9. The molecule has 1 aromatic heterocycles. The molecular weight excluding hydrogens is 572 g/mol. The fraction of sp³-hybridized carbons (Fsp3) is 0.667. The van der Waals surface area contributed by atoms with Gasteiger partial charge in [-0.25, -0.2) is 0 Å². The third-order valence-corrected chi connectivity index (χ3v) is 8.98. The van der Waals surface area contributed by atoms with Gasteiger partial charge in [0.1, 0.15) is 18.0 Å². The molecule has 1 aromatic carbocycles. The standard InChI is InChI=1S/C33H47F2N3O6/c1-21(9-5-4-6-12-25(39)20-38-29(32(2,34)35)19-27(37-38)23-15-16-23)26-13-8-14-28(44-33(41,42)43)31(26)24-11-7-10-22(17-24)18-30(40)36-3/h8,13-14,19,21-24,41-43H,4-7,9-12,15-18,20H2,1-3H3,(H,36,40)/t21-,22?,24?/m1/s1. The number of aliphatic hydroxyl groups is 3. The normalized spacial score (nSPS) is 19.9. The molecule has 2 aliphatic carbocycles. The Morgan fingerprint density at radius 3 is 2.52 bits per heavy atom. The van der Waals surface area contributed by atoms with Gasteiger partial charge in [0.15, 0.2) is 5.78 Å². The number of nitrogens with zero attached hydrogens (tertiary/aromatic N) is 2. The lowest BCUT2D eigenvalue weighted by atomic mass is 9.73. The number of hydrogen-bond acceptors (Lipinski definition) is 7. The van der Waals surface area contributed by atoms with Gasteiger partial charge < -0.3 is 25.4 Å². The summed E-state index contributed by atoms with van der Waals surface area (Å²) in [6.07, 6.45) is 5.80. The van der Waals surface area contributed by atoms with Gasteiger partial charge >= 0.3 is 6.16 Å². The summed E-state index contributed by atoms with van der Waals surface area (Å²) in [7, 11) is 1.62. The predicted molar refractivity (Wildman–Crippen MR) is 160 cm³/mol. The average Bonchev–Trinajstić information content (AvgIpc) is 3.70. The van der Waals surface area contributed by atoms with Crippen molar-refractivity contribution in [2.45, 2.75) is 127 Å². The van der Waals surface area contributed by atoms with Crippen LogP contribution in [0.15, 0.2) is 24.3 Å². The van der Waals surface area contributed by atoms with Crippen molar-refractivity contribution in [1.29, 1.82) is 0 Å². The highest BCUT2D eigenvalue weighted by Gasteiger charge is 2.35. The first-order chi connectivity index (χ1) is 20.7. The molecule has 2 aromatic rings. The van der Waals surface area contributed by atoms with Crippen molar-refractivity contribution in [2.24, 2.45) is 5.92 Å². The largest absolute Gasteiger partial charge is 0.453 e. The van der Waals surface area contributed by atoms with Crippen LogP contribution in [0.5, 0.6) is 5.75 Å². The summed E-state index contributed by atoms with van der Waals surface area (Å²) in [5.74, 6) is -2.47. The molecule has 4 rings (SSSR count). The number of unbranched alkanes of at least 4 members (excludes halogenated alkanes) is 2. The lowest BCUT2D eigenvalue weighted by Gasteiger charge is -2.33. The van der Waals surface area contributed by atoms with E-state index in [1.54, 1.807) is 19.2 Å². The fourth-order valence-corrected chi connectivity index (χ4v) is 6.61. The molecule has 3 atom stereocenters. The summed E-state index contributed by atoms with van der Waals surface area (Å²) in [6.45, 7) is 2.77. The number of hydrogen-bond donors (Lipinski definition) is 4. The van der Waals surface area contributed by atoms with E-state index >= 15 is 0 Å². The molecule has 0 saturated heterocycles. The van der Waals surface area contributed by atoms with Gasteiger partial charge in [-0.3, -0.25) is 14.3 Å². The molecule has 1 amide bonds. The quantitative estimate of drug-likeness (QED) is 0.143. The summed E-state index contributed by atoms with van der Waals surface area (Å²) in [5, 5.41) is 35.8. The van der Waals surface area contributed by atoms with Crippen LogP contribution in [0.3, 0.4) is 0 Å². The minimum Gasteiger partial charge on any atom is -0.417 e. The van der Waals surface area contributed by atoms with E-state index in [9.17, 15) is 33.7 Å². The maximum atomic E-state index is 14.1. The molecule has 1 heterocycles. The number of ketones is 1. The van der Waals surface area contributed by atoms with Gasteiger partial charge in [0.2, 0.25) is 5.91 Å². The number of ether oxygens (including phenoxy) is 1. The lowest BCUT2D eigenvalue weighted by molar-refractivity contribution is -0.419. The van der Waals surface area contributed by atoms with E-state index in [1.807, 2.05) is 6.07 Å². The lowest BCUT2D eigenvalue weighted by Crippen LogP contribution is -2.35. The summed E-state index contributed by atoms with van der Waals surface area (Å²) in [4.78, 5) is 24.7. The molecule has 2 fully saturated rings. The van der Waals surface area contributed by atoms with Gasteiger partial charge in [0, 0.05) is 38.3 Å². The average molecular weight is 620 g/mol. The van der Waals surface area contributed by atoms with Crippen molar-refractivity contribution in [1.82, 2.24) is 15.1 Å². The van der Waals surface area contributed by atoms with Crippen molar-refractivity contribution >= 4 is 11.7 Å². The van der Waals surface area contributed by atoms with Crippen molar-refractivity contribution in [3.8, 4) is 5.75 Å². The maximum Gasteiger partial charge on any atom is 0.453 e. The SMILES string of the molecule is CNC(=O)CC1CCCC(c2c(OC(O)(O)O)cccc2[C@H](C)CCCCCC(=O)Cn2nc(C3CC3)cc2C(C)(F)F)C1. The zero-order chi connectivity index (χ0) is 32.1. The van der Waals surface area contributed by atoms with Crippen LogP contribution in [-0.4, -0.2) is 50.0 Å². The Balaban J connectivity index is 1.35. The second-order valence-electron chi connectivity index (χ2n) is 12.9. The van der Waals surface area contributed by atoms with E-state index < -0.39 is 12.1 Å². The van der Waals surface area contributed by atoms with Gasteiger partial charge in [-0.05, 0) is 80.4 Å². The third kappa shape index (κ3) is 9.55. The van der Waals surface area contributed by atoms with Crippen LogP contribution in [0.25, 0.3) is 0 Å². The Bertz CT molecular complexity index is 1280. The monoisotopic (exact) mass is 619 g/mol. The first kappa shape index (κ1) is 34.0. The van der Waals surface area contributed by atoms with Crippen LogP contribution in [0.1, 0.15) is 131 Å². The molecule has 4 N–H and O–H groups in total. The number of benzene rings is 1. The van der Waals surface area contributed by atoms with Crippen molar-refractivity contribution in [2.75, 3.05) is 7.05 Å². The topological polar surface area (TPSA) is 134 Å². The number of Topliss-reactive ketones (excluding diaryl/α,β-unsaturated/α-hetero) is 1. The van der Waals surface area contributed by atoms with Crippen molar-refractivity contribution in [3.63, 3.8) is 0 Å². The molecule has 2 saturated carbocycles. The molecule has 0 radical (unpaired) electrons. The van der Waals surface area contributed by atoms with Crippen molar-refractivity contribution < 1.29 is 38.4 Å². The summed E-state index contributed by atoms with van der Waals surface area (Å²) < 4.78 is 34.6. The number of amides is 1. The number of halogens is 2. The number of carbonyl (C=O) groups is 2. The molecule has 244 valence electrons. The zero-order valence-electron chi connectivity index (χ0n) is 26.0. The third-order valence-electron chi connectivity index (χ3n) is 8.98. The highest BCUT2D eigenvalue weighted by Crippen LogP contribution is 2.45. The summed E-state index contributed by atoms with van der Waals surface area (Å²) in [6, 6.07) is 6.81. The van der Waals surface area contributed by atoms with E-state index in [0.29, 0.717) is 18.5 Å². The zero-order valence-corrected chi connectivity index (χ0v) is 26.0. The molecule has 11 heteroatoms. The second-order valence-corrected chi connectivity index (χ2v) is 12.9. The maximum absolute atomic E-state index is 14.1. The van der Waals surface area contributed by atoms with Gasteiger partial charge in [0.25, 0.3) is 5.92 Å². The molecular formula is C33H47F2N3O6. The van der Waals surface area contributed by atoms with Crippen LogP contribution in [-0.2, 0) is 22.1 Å². The molecule has 44 heavy (non-hydrogen) atoms. The molecule has 9 nitrogen and oxygen atoms in total. The Hall–Kier alpha value is -2.89. The van der Waals surface area contributed by atoms with E-state index in [2.05, 4.69) is 17.3 Å². The summed E-state index contributed by atoms with van der Waals surface area (Å²) >= 11 is 0. The highest BCUT2D eigenvalue weighted by atomic mass is 19.3. The summed E-state index contributed by atoms with van der Waals surface area (Å²) in [5.41, 5.74) is 2.26.